The van der Waals surface area contributed by atoms with Crippen LogP contribution in [0.1, 0.15) is 42.6 Å². The number of carbonyl (C=O) groups excluding carboxylic acids is 1. The molecule has 0 radical (unpaired) electrons. The van der Waals surface area contributed by atoms with Crippen molar-refractivity contribution in [3.63, 3.8) is 0 Å². The zero-order chi connectivity index (χ0) is 16.7. The highest BCUT2D eigenvalue weighted by atomic mass is 35.5. The number of aryl methyl sites for hydroxylation is 1. The first-order valence-electron chi connectivity index (χ1n) is 8.06. The highest BCUT2D eigenvalue weighted by Gasteiger charge is 2.16. The summed E-state index contributed by atoms with van der Waals surface area (Å²) in [6, 6.07) is 14.0. The van der Waals surface area contributed by atoms with Crippen LogP contribution in [0, 0.1) is 6.92 Å². The van der Waals surface area contributed by atoms with Gasteiger partial charge >= 0.3 is 0 Å². The Labute approximate surface area is 162 Å². The Bertz CT molecular complexity index is 618. The molecule has 2 rings (SSSR count). The third-order valence-corrected chi connectivity index (χ3v) is 3.77. The third-order valence-electron chi connectivity index (χ3n) is 3.77. The maximum Gasteiger partial charge on any atom is 0.220 e. The van der Waals surface area contributed by atoms with Crippen LogP contribution < -0.4 is 11.1 Å². The SMILES string of the molecule is Cc1ccc(CC(NC(=O)CCC(C)N)c2ccccn2)cc1.Cl.Cl. The molecular weight excluding hydrogens is 357 g/mol. The van der Waals surface area contributed by atoms with Crippen molar-refractivity contribution in [2.75, 3.05) is 0 Å². The Morgan fingerprint density at radius 1 is 1.16 bits per heavy atom. The van der Waals surface area contributed by atoms with Gasteiger partial charge < -0.3 is 11.1 Å². The molecule has 3 N–H and O–H groups in total. The van der Waals surface area contributed by atoms with Gasteiger partial charge in [-0.05, 0) is 44.4 Å². The average Bonchev–Trinajstić information content (AvgIpc) is 2.55. The first kappa shape index (κ1) is 23.4. The average molecular weight is 384 g/mol. The van der Waals surface area contributed by atoms with Crippen LogP contribution in [0.25, 0.3) is 0 Å². The van der Waals surface area contributed by atoms with Crippen molar-refractivity contribution in [2.24, 2.45) is 5.73 Å². The van der Waals surface area contributed by atoms with Crippen LogP contribution in [0.4, 0.5) is 0 Å². The monoisotopic (exact) mass is 383 g/mol. The van der Waals surface area contributed by atoms with Crippen molar-refractivity contribution in [2.45, 2.75) is 45.2 Å². The smallest absolute Gasteiger partial charge is 0.220 e. The van der Waals surface area contributed by atoms with Crippen molar-refractivity contribution in [1.82, 2.24) is 10.3 Å². The van der Waals surface area contributed by atoms with Gasteiger partial charge in [-0.15, -0.1) is 24.8 Å². The summed E-state index contributed by atoms with van der Waals surface area (Å²) in [5, 5.41) is 3.09. The molecule has 1 aromatic carbocycles. The number of pyridine rings is 1. The summed E-state index contributed by atoms with van der Waals surface area (Å²) >= 11 is 0. The van der Waals surface area contributed by atoms with Crippen LogP contribution in [-0.2, 0) is 11.2 Å². The van der Waals surface area contributed by atoms with Crippen molar-refractivity contribution >= 4 is 30.7 Å². The van der Waals surface area contributed by atoms with Gasteiger partial charge in [0.15, 0.2) is 0 Å². The van der Waals surface area contributed by atoms with Crippen LogP contribution in [0.2, 0.25) is 0 Å². The number of carbonyl (C=O) groups is 1. The van der Waals surface area contributed by atoms with E-state index in [4.69, 9.17) is 5.73 Å². The molecule has 2 atom stereocenters. The maximum absolute atomic E-state index is 12.2. The zero-order valence-corrected chi connectivity index (χ0v) is 16.3. The van der Waals surface area contributed by atoms with Crippen LogP contribution in [0.5, 0.6) is 0 Å². The summed E-state index contributed by atoms with van der Waals surface area (Å²) < 4.78 is 0. The van der Waals surface area contributed by atoms with E-state index in [-0.39, 0.29) is 42.8 Å². The number of aromatic nitrogens is 1. The lowest BCUT2D eigenvalue weighted by Gasteiger charge is -2.19. The highest BCUT2D eigenvalue weighted by molar-refractivity contribution is 5.85. The van der Waals surface area contributed by atoms with Gasteiger partial charge in [0.2, 0.25) is 5.91 Å². The number of hydrogen-bond donors (Lipinski definition) is 2. The summed E-state index contributed by atoms with van der Waals surface area (Å²) in [4.78, 5) is 16.6. The number of benzene rings is 1. The quantitative estimate of drug-likeness (QED) is 0.764. The van der Waals surface area contributed by atoms with E-state index in [1.807, 2.05) is 25.1 Å². The second-order valence-electron chi connectivity index (χ2n) is 6.08. The Kier molecular flexibility index (Phi) is 11.1. The lowest BCUT2D eigenvalue weighted by Crippen LogP contribution is -2.31. The number of rotatable bonds is 7. The standard InChI is InChI=1S/C19H25N3O.2ClH/c1-14-6-9-16(10-7-14)13-18(17-5-3-4-12-21-17)22-19(23)11-8-15(2)20;;/h3-7,9-10,12,15,18H,8,11,13,20H2,1-2H3,(H,22,23);2*1H. The number of halogens is 2. The minimum Gasteiger partial charge on any atom is -0.347 e. The van der Waals surface area contributed by atoms with Crippen molar-refractivity contribution in [1.29, 1.82) is 0 Å². The number of nitrogens with two attached hydrogens (primary N) is 1. The van der Waals surface area contributed by atoms with Crippen molar-refractivity contribution in [3.8, 4) is 0 Å². The molecule has 0 aliphatic heterocycles. The van der Waals surface area contributed by atoms with Gasteiger partial charge in [0.25, 0.3) is 0 Å². The number of amides is 1. The minimum absolute atomic E-state index is 0. The van der Waals surface area contributed by atoms with E-state index in [0.29, 0.717) is 12.8 Å². The normalized spacial score (nSPS) is 12.3. The molecule has 1 heterocycles. The van der Waals surface area contributed by atoms with Gasteiger partial charge in [0.05, 0.1) is 11.7 Å². The summed E-state index contributed by atoms with van der Waals surface area (Å²) in [5.41, 5.74) is 9.01. The molecule has 1 aromatic heterocycles. The first-order valence-corrected chi connectivity index (χ1v) is 8.06. The molecule has 2 aromatic rings. The molecule has 0 saturated heterocycles. The van der Waals surface area contributed by atoms with Crippen LogP contribution in [0.3, 0.4) is 0 Å². The van der Waals surface area contributed by atoms with Crippen LogP contribution in [-0.4, -0.2) is 16.9 Å². The van der Waals surface area contributed by atoms with Gasteiger partial charge in [-0.3, -0.25) is 9.78 Å². The fraction of sp³-hybridized carbons (Fsp3) is 0.368. The number of hydrogen-bond acceptors (Lipinski definition) is 3. The molecule has 0 saturated carbocycles. The second-order valence-corrected chi connectivity index (χ2v) is 6.08. The van der Waals surface area contributed by atoms with E-state index >= 15 is 0 Å². The van der Waals surface area contributed by atoms with Gasteiger partial charge in [-0.2, -0.15) is 0 Å². The predicted molar refractivity (Wildman–Crippen MR) is 107 cm³/mol. The summed E-state index contributed by atoms with van der Waals surface area (Å²) in [7, 11) is 0. The molecule has 6 heteroatoms. The fourth-order valence-electron chi connectivity index (χ4n) is 2.40. The van der Waals surface area contributed by atoms with E-state index in [1.54, 1.807) is 6.20 Å². The Hall–Kier alpha value is -1.62. The predicted octanol–water partition coefficient (Wildman–Crippen LogP) is 3.76. The molecule has 0 aliphatic rings. The van der Waals surface area contributed by atoms with Gasteiger partial charge in [-0.1, -0.05) is 35.9 Å². The molecule has 0 aliphatic carbocycles. The highest BCUT2D eigenvalue weighted by Crippen LogP contribution is 2.17. The fourth-order valence-corrected chi connectivity index (χ4v) is 2.40. The lowest BCUT2D eigenvalue weighted by atomic mass is 10.0. The van der Waals surface area contributed by atoms with E-state index in [1.165, 1.54) is 11.1 Å². The minimum atomic E-state index is -0.125. The zero-order valence-electron chi connectivity index (χ0n) is 14.6. The Morgan fingerprint density at radius 2 is 1.84 bits per heavy atom. The molecule has 25 heavy (non-hydrogen) atoms. The van der Waals surface area contributed by atoms with E-state index in [2.05, 4.69) is 41.5 Å². The molecule has 4 nitrogen and oxygen atoms in total. The topological polar surface area (TPSA) is 68.0 Å². The van der Waals surface area contributed by atoms with Crippen LogP contribution in [0.15, 0.2) is 48.7 Å². The van der Waals surface area contributed by atoms with Gasteiger partial charge in [0.1, 0.15) is 0 Å². The number of nitrogens with zero attached hydrogens (tertiary/aromatic N) is 1. The van der Waals surface area contributed by atoms with Crippen LogP contribution >= 0.6 is 24.8 Å². The summed E-state index contributed by atoms with van der Waals surface area (Å²) in [6.07, 6.45) is 3.60. The molecule has 0 fully saturated rings. The molecule has 0 spiro atoms. The third kappa shape index (κ3) is 8.34. The lowest BCUT2D eigenvalue weighted by molar-refractivity contribution is -0.122. The summed E-state index contributed by atoms with van der Waals surface area (Å²) in [6.45, 7) is 3.98. The Morgan fingerprint density at radius 3 is 2.40 bits per heavy atom. The summed E-state index contributed by atoms with van der Waals surface area (Å²) in [5.74, 6) is 0.0186. The molecule has 138 valence electrons. The van der Waals surface area contributed by atoms with Crippen molar-refractivity contribution in [3.05, 3.63) is 65.5 Å². The van der Waals surface area contributed by atoms with Gasteiger partial charge in [0, 0.05) is 18.7 Å². The molecule has 2 unspecified atom stereocenters. The van der Waals surface area contributed by atoms with Gasteiger partial charge in [-0.25, -0.2) is 0 Å². The maximum atomic E-state index is 12.2. The van der Waals surface area contributed by atoms with E-state index in [9.17, 15) is 4.79 Å². The van der Waals surface area contributed by atoms with Crippen molar-refractivity contribution < 1.29 is 4.79 Å². The first-order chi connectivity index (χ1) is 11.0. The van der Waals surface area contributed by atoms with E-state index < -0.39 is 0 Å². The largest absolute Gasteiger partial charge is 0.347 e. The second kappa shape index (κ2) is 11.9. The Balaban J connectivity index is 0.00000288. The van der Waals surface area contributed by atoms with E-state index in [0.717, 1.165) is 12.1 Å². The molecular formula is C19H27Cl2N3O. The molecule has 0 bridgehead atoms. The number of nitrogens with one attached hydrogen (secondary N) is 1. The molecule has 1 amide bonds.